The van der Waals surface area contributed by atoms with Crippen molar-refractivity contribution in [1.82, 2.24) is 5.32 Å². The first kappa shape index (κ1) is 20.7. The van der Waals surface area contributed by atoms with E-state index in [2.05, 4.69) is 5.32 Å². The van der Waals surface area contributed by atoms with Gasteiger partial charge in [-0.1, -0.05) is 36.8 Å². The van der Waals surface area contributed by atoms with E-state index in [-0.39, 0.29) is 18.5 Å². The molecule has 0 aliphatic heterocycles. The molecule has 1 N–H and O–H groups in total. The predicted molar refractivity (Wildman–Crippen MR) is 117 cm³/mol. The fourth-order valence-corrected chi connectivity index (χ4v) is 5.51. The lowest BCUT2D eigenvalue weighted by molar-refractivity contribution is -0.120. The number of carbonyl (C=O) groups is 1. The van der Waals surface area contributed by atoms with E-state index in [1.54, 1.807) is 24.3 Å². The second kappa shape index (κ2) is 8.68. The highest BCUT2D eigenvalue weighted by atomic mass is 32.2. The maximum atomic E-state index is 12.6. The van der Waals surface area contributed by atoms with Gasteiger partial charge in [0.15, 0.2) is 0 Å². The zero-order valence-corrected chi connectivity index (χ0v) is 18.0. The summed E-state index contributed by atoms with van der Waals surface area (Å²) in [4.78, 5) is 12.6. The monoisotopic (exact) mass is 428 g/mol. The molecule has 0 spiro atoms. The molecule has 2 aliphatic rings. The number of nitrogens with zero attached hydrogens (tertiary/aromatic N) is 1. The summed E-state index contributed by atoms with van der Waals surface area (Å²) in [7, 11) is -3.59. The van der Waals surface area contributed by atoms with E-state index in [9.17, 15) is 13.2 Å². The van der Waals surface area contributed by atoms with Gasteiger partial charge in [0.2, 0.25) is 15.9 Å². The van der Waals surface area contributed by atoms with Crippen LogP contribution < -0.4 is 14.4 Å². The van der Waals surface area contributed by atoms with Gasteiger partial charge in [-0.2, -0.15) is 0 Å². The molecular formula is C23H28N2O4S. The zero-order chi connectivity index (χ0) is 21.1. The number of anilines is 1. The molecule has 2 aromatic carbocycles. The summed E-state index contributed by atoms with van der Waals surface area (Å²) in [6.45, 7) is 0.221. The maximum Gasteiger partial charge on any atom is 0.241 e. The Labute approximate surface area is 178 Å². The number of fused-ring (bicyclic) bond motifs is 2. The topological polar surface area (TPSA) is 75.7 Å². The Morgan fingerprint density at radius 3 is 2.40 bits per heavy atom. The minimum atomic E-state index is -3.59. The summed E-state index contributed by atoms with van der Waals surface area (Å²) in [5.74, 6) is 1.66. The Bertz CT molecular complexity index is 976. The second-order valence-electron chi connectivity index (χ2n) is 8.39. The van der Waals surface area contributed by atoms with Crippen molar-refractivity contribution >= 4 is 21.6 Å². The smallest absolute Gasteiger partial charge is 0.241 e. The number of hydrogen-bond acceptors (Lipinski definition) is 4. The van der Waals surface area contributed by atoms with E-state index < -0.39 is 10.0 Å². The summed E-state index contributed by atoms with van der Waals surface area (Å²) in [6, 6.07) is 16.8. The van der Waals surface area contributed by atoms with Crippen molar-refractivity contribution in [3.05, 3.63) is 60.2 Å². The molecule has 0 aromatic heterocycles. The molecule has 0 saturated heterocycles. The maximum absolute atomic E-state index is 12.6. The summed E-state index contributed by atoms with van der Waals surface area (Å²) < 4.78 is 31.6. The molecule has 4 rings (SSSR count). The molecule has 2 aromatic rings. The van der Waals surface area contributed by atoms with Gasteiger partial charge in [-0.05, 0) is 60.9 Å². The molecule has 0 unspecified atom stereocenters. The Hall–Kier alpha value is -2.54. The molecule has 0 radical (unpaired) electrons. The number of benzene rings is 2. The number of nitrogens with one attached hydrogen (secondary N) is 1. The molecule has 2 fully saturated rings. The van der Waals surface area contributed by atoms with Crippen LogP contribution in [0.3, 0.4) is 0 Å². The summed E-state index contributed by atoms with van der Waals surface area (Å²) in [5, 5.41) is 3.06. The molecule has 7 heteroatoms. The zero-order valence-electron chi connectivity index (χ0n) is 17.2. The third kappa shape index (κ3) is 4.95. The van der Waals surface area contributed by atoms with Gasteiger partial charge in [-0.25, -0.2) is 8.42 Å². The van der Waals surface area contributed by atoms with Gasteiger partial charge in [0, 0.05) is 6.04 Å². The third-order valence-electron chi connectivity index (χ3n) is 6.15. The first-order chi connectivity index (χ1) is 14.4. The van der Waals surface area contributed by atoms with Gasteiger partial charge in [-0.15, -0.1) is 0 Å². The molecule has 3 atom stereocenters. The van der Waals surface area contributed by atoms with Crippen LogP contribution in [0.15, 0.2) is 54.6 Å². The summed E-state index contributed by atoms with van der Waals surface area (Å²) in [5.41, 5.74) is 1.50. The molecule has 2 bridgehead atoms. The van der Waals surface area contributed by atoms with Gasteiger partial charge >= 0.3 is 0 Å². The van der Waals surface area contributed by atoms with E-state index in [0.717, 1.165) is 34.9 Å². The first-order valence-corrected chi connectivity index (χ1v) is 12.3. The Morgan fingerprint density at radius 2 is 1.80 bits per heavy atom. The van der Waals surface area contributed by atoms with Gasteiger partial charge in [-0.3, -0.25) is 9.10 Å². The average molecular weight is 429 g/mol. The molecule has 0 heterocycles. The van der Waals surface area contributed by atoms with Crippen molar-refractivity contribution in [2.75, 3.05) is 17.1 Å². The lowest BCUT2D eigenvalue weighted by Crippen LogP contribution is -2.45. The van der Waals surface area contributed by atoms with Crippen LogP contribution in [0, 0.1) is 11.8 Å². The van der Waals surface area contributed by atoms with Crippen LogP contribution in [0.4, 0.5) is 5.69 Å². The highest BCUT2D eigenvalue weighted by molar-refractivity contribution is 7.92. The fraction of sp³-hybridized carbons (Fsp3) is 0.435. The average Bonchev–Trinajstić information content (AvgIpc) is 3.34. The standard InChI is InChI=1S/C23H28N2O4S/c1-30(27,28)25(15-23(26)24-22-14-18-7-8-19(22)13-18)20-9-11-21(12-10-20)29-16-17-5-3-2-4-6-17/h2-6,9-12,18-19,22H,7-8,13-16H2,1H3,(H,24,26)/t18-,19-,22+/m0/s1. The van der Waals surface area contributed by atoms with Crippen molar-refractivity contribution in [2.24, 2.45) is 11.8 Å². The largest absolute Gasteiger partial charge is 0.489 e. The van der Waals surface area contributed by atoms with Crippen molar-refractivity contribution in [3.63, 3.8) is 0 Å². The number of amides is 1. The SMILES string of the molecule is CS(=O)(=O)N(CC(=O)N[C@@H]1C[C@H]2CC[C@H]1C2)c1ccc(OCc2ccccc2)cc1. The number of ether oxygens (including phenoxy) is 1. The quantitative estimate of drug-likeness (QED) is 0.700. The Morgan fingerprint density at radius 1 is 1.07 bits per heavy atom. The van der Waals surface area contributed by atoms with Crippen LogP contribution in [0.2, 0.25) is 0 Å². The van der Waals surface area contributed by atoms with Gasteiger partial charge in [0.05, 0.1) is 11.9 Å². The van der Waals surface area contributed by atoms with Crippen LogP contribution in [-0.4, -0.2) is 33.2 Å². The van der Waals surface area contributed by atoms with Gasteiger partial charge in [0.1, 0.15) is 18.9 Å². The molecule has 1 amide bonds. The Balaban J connectivity index is 1.38. The van der Waals surface area contributed by atoms with Crippen LogP contribution in [0.25, 0.3) is 0 Å². The summed E-state index contributed by atoms with van der Waals surface area (Å²) in [6.07, 6.45) is 5.74. The van der Waals surface area contributed by atoms with Gasteiger partial charge in [0.25, 0.3) is 0 Å². The van der Waals surface area contributed by atoms with Crippen molar-refractivity contribution < 1.29 is 17.9 Å². The van der Waals surface area contributed by atoms with Crippen LogP contribution >= 0.6 is 0 Å². The fourth-order valence-electron chi connectivity index (χ4n) is 4.65. The number of hydrogen-bond donors (Lipinski definition) is 1. The molecule has 2 aliphatic carbocycles. The molecule has 2 saturated carbocycles. The third-order valence-corrected chi connectivity index (χ3v) is 7.29. The van der Waals surface area contributed by atoms with Gasteiger partial charge < -0.3 is 10.1 Å². The number of rotatable bonds is 8. The highest BCUT2D eigenvalue weighted by Crippen LogP contribution is 2.44. The molecular weight excluding hydrogens is 400 g/mol. The number of carbonyl (C=O) groups excluding carboxylic acids is 1. The van der Waals surface area contributed by atoms with Crippen molar-refractivity contribution in [1.29, 1.82) is 0 Å². The van der Waals surface area contributed by atoms with Crippen LogP contribution in [0.5, 0.6) is 5.75 Å². The highest BCUT2D eigenvalue weighted by Gasteiger charge is 2.40. The lowest BCUT2D eigenvalue weighted by atomic mass is 9.95. The predicted octanol–water partition coefficient (Wildman–Crippen LogP) is 3.34. The van der Waals surface area contributed by atoms with E-state index in [1.807, 2.05) is 30.3 Å². The number of sulfonamides is 1. The lowest BCUT2D eigenvalue weighted by Gasteiger charge is -2.26. The molecule has 30 heavy (non-hydrogen) atoms. The van der Waals surface area contributed by atoms with E-state index >= 15 is 0 Å². The van der Waals surface area contributed by atoms with Crippen molar-refractivity contribution in [3.8, 4) is 5.75 Å². The second-order valence-corrected chi connectivity index (χ2v) is 10.3. The van der Waals surface area contributed by atoms with E-state index in [0.29, 0.717) is 24.0 Å². The minimum Gasteiger partial charge on any atom is -0.489 e. The summed E-state index contributed by atoms with van der Waals surface area (Å²) >= 11 is 0. The minimum absolute atomic E-state index is 0.187. The molecule has 6 nitrogen and oxygen atoms in total. The molecule has 160 valence electrons. The van der Waals surface area contributed by atoms with E-state index in [4.69, 9.17) is 4.74 Å². The Kier molecular flexibility index (Phi) is 5.99. The van der Waals surface area contributed by atoms with Crippen molar-refractivity contribution in [2.45, 2.75) is 38.3 Å². The normalized spacial score (nSPS) is 22.6. The van der Waals surface area contributed by atoms with Crippen LogP contribution in [0.1, 0.15) is 31.2 Å². The van der Waals surface area contributed by atoms with Crippen LogP contribution in [-0.2, 0) is 21.4 Å². The first-order valence-electron chi connectivity index (χ1n) is 10.4. The van der Waals surface area contributed by atoms with E-state index in [1.165, 1.54) is 12.8 Å².